The maximum atomic E-state index is 10.4. The fourth-order valence-electron chi connectivity index (χ4n) is 7.09. The lowest BCUT2D eigenvalue weighted by Crippen LogP contribution is -2.40. The molecule has 2 aromatic rings. The Morgan fingerprint density at radius 1 is 0.973 bits per heavy atom. The highest BCUT2D eigenvalue weighted by atomic mass is 16.5. The molecule has 1 heterocycles. The zero-order chi connectivity index (χ0) is 25.5. The minimum Gasteiger partial charge on any atom is -0.508 e. The van der Waals surface area contributed by atoms with Crippen LogP contribution < -0.4 is 4.74 Å². The Hall–Kier alpha value is -4.22. The van der Waals surface area contributed by atoms with Gasteiger partial charge in [-0.15, -0.1) is 0 Å². The normalized spacial score (nSPS) is 25.1. The third kappa shape index (κ3) is 4.11. The molecule has 4 saturated carbocycles. The van der Waals surface area contributed by atoms with E-state index in [1.54, 1.807) is 25.3 Å². The molecule has 184 valence electrons. The Labute approximate surface area is 217 Å². The lowest BCUT2D eigenvalue weighted by Gasteiger charge is -2.51. The van der Waals surface area contributed by atoms with Crippen LogP contribution in [0.2, 0.25) is 0 Å². The summed E-state index contributed by atoms with van der Waals surface area (Å²) in [6, 6.07) is 16.7. The number of rotatable bonds is 4. The first-order valence-electron chi connectivity index (χ1n) is 12.9. The van der Waals surface area contributed by atoms with Crippen molar-refractivity contribution in [2.24, 2.45) is 23.7 Å². The van der Waals surface area contributed by atoms with Crippen LogP contribution in [0.1, 0.15) is 48.8 Å². The summed E-state index contributed by atoms with van der Waals surface area (Å²) >= 11 is 0. The standard InChI is InChI=1S/C32H28N2O3/c1-36-32(31-22-11-19-10-20(13-22)14-23(31)12-19)29-15-25(35)8-6-21(29)7-9-26-16-28(24(17-33)18-34)27-4-2-3-5-30(27)37-26/h2-9,15-16,19-20,22-23,35H,10-14H2,1H3/b9-7+,32-31?. The van der Waals surface area contributed by atoms with Crippen LogP contribution >= 0.6 is 0 Å². The predicted molar refractivity (Wildman–Crippen MR) is 141 cm³/mol. The predicted octanol–water partition coefficient (Wildman–Crippen LogP) is 7.00. The SMILES string of the molecule is COC(=C1C2CC3CC(C2)CC1C3)c1cc(O)ccc1/C=C/C1=CC(=C(C#N)C#N)c2ccccc2O1. The number of hydrogen-bond acceptors (Lipinski definition) is 5. The first kappa shape index (κ1) is 23.2. The average molecular weight is 489 g/mol. The number of fused-ring (bicyclic) bond motifs is 1. The van der Waals surface area contributed by atoms with Gasteiger partial charge >= 0.3 is 0 Å². The van der Waals surface area contributed by atoms with Gasteiger partial charge in [-0.25, -0.2) is 0 Å². The molecule has 5 aliphatic rings. The number of nitriles is 2. The highest BCUT2D eigenvalue weighted by molar-refractivity contribution is 5.87. The first-order valence-corrected chi connectivity index (χ1v) is 12.9. The first-order chi connectivity index (χ1) is 18.1. The number of benzene rings is 2. The Bertz CT molecular complexity index is 1430. The molecular formula is C32H28N2O3. The van der Waals surface area contributed by atoms with Crippen LogP contribution in [-0.2, 0) is 4.74 Å². The molecule has 0 radical (unpaired) electrons. The lowest BCUT2D eigenvalue weighted by molar-refractivity contribution is 0.0675. The van der Waals surface area contributed by atoms with Gasteiger partial charge in [0.1, 0.15) is 40.7 Å². The Morgan fingerprint density at radius 3 is 2.35 bits per heavy atom. The van der Waals surface area contributed by atoms with Crippen molar-refractivity contribution in [3.63, 3.8) is 0 Å². The second kappa shape index (κ2) is 9.34. The molecule has 0 aromatic heterocycles. The number of aromatic hydroxyl groups is 1. The molecule has 1 N–H and O–H groups in total. The fraction of sp³-hybridized carbons (Fsp3) is 0.312. The molecule has 1 aliphatic heterocycles. The summed E-state index contributed by atoms with van der Waals surface area (Å²) in [7, 11) is 1.73. The molecule has 4 bridgehead atoms. The van der Waals surface area contributed by atoms with Crippen LogP contribution in [-0.4, -0.2) is 12.2 Å². The van der Waals surface area contributed by atoms with Gasteiger partial charge in [0.05, 0.1) is 7.11 Å². The number of phenols is 1. The summed E-state index contributed by atoms with van der Waals surface area (Å²) in [6.07, 6.45) is 11.9. The second-order valence-electron chi connectivity index (χ2n) is 10.6. The molecule has 0 amide bonds. The number of phenolic OH excluding ortho intramolecular Hbond substituents is 1. The number of methoxy groups -OCH3 is 1. The van der Waals surface area contributed by atoms with Gasteiger partial charge in [-0.2, -0.15) is 10.5 Å². The molecule has 2 aromatic carbocycles. The molecule has 0 saturated heterocycles. The van der Waals surface area contributed by atoms with E-state index < -0.39 is 0 Å². The summed E-state index contributed by atoms with van der Waals surface area (Å²) in [5, 5.41) is 29.4. The number of hydrogen-bond donors (Lipinski definition) is 1. The van der Waals surface area contributed by atoms with Crippen molar-refractivity contribution in [1.29, 1.82) is 10.5 Å². The summed E-state index contributed by atoms with van der Waals surface area (Å²) < 4.78 is 12.2. The van der Waals surface area contributed by atoms with Crippen molar-refractivity contribution in [2.75, 3.05) is 7.11 Å². The van der Waals surface area contributed by atoms with Gasteiger partial charge in [0, 0.05) is 16.7 Å². The van der Waals surface area contributed by atoms with E-state index in [4.69, 9.17) is 9.47 Å². The van der Waals surface area contributed by atoms with Crippen LogP contribution in [0, 0.1) is 46.3 Å². The van der Waals surface area contributed by atoms with E-state index in [9.17, 15) is 15.6 Å². The van der Waals surface area contributed by atoms with E-state index in [0.717, 1.165) is 34.3 Å². The van der Waals surface area contributed by atoms with Crippen LogP contribution in [0.25, 0.3) is 17.4 Å². The highest BCUT2D eigenvalue weighted by Crippen LogP contribution is 2.58. The molecule has 0 atom stereocenters. The molecule has 0 spiro atoms. The Balaban J connectivity index is 1.40. The van der Waals surface area contributed by atoms with Gasteiger partial charge in [-0.05, 0) is 97.3 Å². The number of para-hydroxylation sites is 1. The zero-order valence-electron chi connectivity index (χ0n) is 20.8. The van der Waals surface area contributed by atoms with E-state index in [0.29, 0.717) is 28.9 Å². The summed E-state index contributed by atoms with van der Waals surface area (Å²) in [5.41, 5.74) is 4.52. The molecular weight excluding hydrogens is 460 g/mol. The number of allylic oxidation sites excluding steroid dienone is 5. The molecule has 37 heavy (non-hydrogen) atoms. The van der Waals surface area contributed by atoms with Gasteiger partial charge in [0.15, 0.2) is 0 Å². The summed E-state index contributed by atoms with van der Waals surface area (Å²) in [5.74, 6) is 5.04. The van der Waals surface area contributed by atoms with Crippen molar-refractivity contribution < 1.29 is 14.6 Å². The van der Waals surface area contributed by atoms with Gasteiger partial charge in [0.25, 0.3) is 0 Å². The van der Waals surface area contributed by atoms with Crippen molar-refractivity contribution in [1.82, 2.24) is 0 Å². The minimum atomic E-state index is 0.0419. The van der Waals surface area contributed by atoms with E-state index in [1.807, 2.05) is 54.6 Å². The maximum absolute atomic E-state index is 10.4. The van der Waals surface area contributed by atoms with Gasteiger partial charge in [-0.1, -0.05) is 30.3 Å². The van der Waals surface area contributed by atoms with Gasteiger partial charge in [0.2, 0.25) is 0 Å². The van der Waals surface area contributed by atoms with Crippen LogP contribution in [0.5, 0.6) is 11.5 Å². The average Bonchev–Trinajstić information content (AvgIpc) is 2.90. The Morgan fingerprint density at radius 2 is 1.68 bits per heavy atom. The number of ether oxygens (including phenoxy) is 2. The van der Waals surface area contributed by atoms with Crippen molar-refractivity contribution in [3.05, 3.63) is 88.2 Å². The van der Waals surface area contributed by atoms with Crippen LogP contribution in [0.4, 0.5) is 0 Å². The summed E-state index contributed by atoms with van der Waals surface area (Å²) in [6.45, 7) is 0. The molecule has 4 fully saturated rings. The second-order valence-corrected chi connectivity index (χ2v) is 10.6. The quantitative estimate of drug-likeness (QED) is 0.370. The van der Waals surface area contributed by atoms with E-state index in [2.05, 4.69) is 0 Å². The molecule has 0 unspecified atom stereocenters. The maximum Gasteiger partial charge on any atom is 0.137 e. The molecule has 4 aliphatic carbocycles. The van der Waals surface area contributed by atoms with E-state index in [-0.39, 0.29) is 11.3 Å². The zero-order valence-corrected chi connectivity index (χ0v) is 20.8. The van der Waals surface area contributed by atoms with Gasteiger partial charge < -0.3 is 14.6 Å². The third-order valence-electron chi connectivity index (χ3n) is 8.38. The van der Waals surface area contributed by atoms with Gasteiger partial charge in [-0.3, -0.25) is 0 Å². The Kier molecular flexibility index (Phi) is 5.85. The van der Waals surface area contributed by atoms with Crippen LogP contribution in [0.3, 0.4) is 0 Å². The van der Waals surface area contributed by atoms with Crippen molar-refractivity contribution >= 4 is 17.4 Å². The van der Waals surface area contributed by atoms with E-state index >= 15 is 0 Å². The molecule has 5 nitrogen and oxygen atoms in total. The smallest absolute Gasteiger partial charge is 0.137 e. The van der Waals surface area contributed by atoms with Crippen molar-refractivity contribution in [3.8, 4) is 23.6 Å². The summed E-state index contributed by atoms with van der Waals surface area (Å²) in [4.78, 5) is 0. The largest absolute Gasteiger partial charge is 0.508 e. The highest BCUT2D eigenvalue weighted by Gasteiger charge is 2.46. The topological polar surface area (TPSA) is 86.3 Å². The molecule has 5 heteroatoms. The monoisotopic (exact) mass is 488 g/mol. The van der Waals surface area contributed by atoms with Crippen LogP contribution in [0.15, 0.2) is 71.5 Å². The third-order valence-corrected chi connectivity index (χ3v) is 8.38. The number of nitrogens with zero attached hydrogens (tertiary/aromatic N) is 2. The lowest BCUT2D eigenvalue weighted by atomic mass is 9.54. The molecule has 7 rings (SSSR count). The van der Waals surface area contributed by atoms with E-state index in [1.165, 1.54) is 37.7 Å². The van der Waals surface area contributed by atoms with Crippen molar-refractivity contribution in [2.45, 2.75) is 32.1 Å². The minimum absolute atomic E-state index is 0.0419. The fourth-order valence-corrected chi connectivity index (χ4v) is 7.09.